The second kappa shape index (κ2) is 4.61. The minimum Gasteiger partial charge on any atom is -0.376 e. The molecule has 1 aliphatic rings. The first kappa shape index (κ1) is 13.9. The molecule has 0 aliphatic carbocycles. The second-order valence-electron chi connectivity index (χ2n) is 3.94. The van der Waals surface area contributed by atoms with Crippen LogP contribution in [0.1, 0.15) is 13.8 Å². The van der Waals surface area contributed by atoms with E-state index < -0.39 is 29.5 Å². The third-order valence-electron chi connectivity index (χ3n) is 2.41. The summed E-state index contributed by atoms with van der Waals surface area (Å²) in [7, 11) is 1.35. The molecule has 1 heterocycles. The highest BCUT2D eigenvalue weighted by Crippen LogP contribution is 2.21. The van der Waals surface area contributed by atoms with Gasteiger partial charge >= 0.3 is 11.9 Å². The van der Waals surface area contributed by atoms with E-state index in [0.717, 1.165) is 18.7 Å². The smallest absolute Gasteiger partial charge is 0.376 e. The third-order valence-corrected chi connectivity index (χ3v) is 2.41. The lowest BCUT2D eigenvalue weighted by molar-refractivity contribution is -0.269. The molecule has 2 atom stereocenters. The fourth-order valence-electron chi connectivity index (χ4n) is 1.50. The molecule has 0 bridgehead atoms. The Morgan fingerprint density at radius 1 is 1.50 bits per heavy atom. The highest BCUT2D eigenvalue weighted by Gasteiger charge is 2.52. The molecule has 2 unspecified atom stereocenters. The van der Waals surface area contributed by atoms with E-state index in [-0.39, 0.29) is 5.96 Å². The Kier molecular flexibility index (Phi) is 3.56. The Hall–Kier alpha value is -2.16. The first-order chi connectivity index (χ1) is 8.17. The van der Waals surface area contributed by atoms with Crippen LogP contribution in [0.15, 0.2) is 0 Å². The number of rotatable bonds is 2. The van der Waals surface area contributed by atoms with Gasteiger partial charge in [-0.05, 0) is 6.92 Å². The monoisotopic (exact) mass is 259 g/mol. The molecule has 0 aromatic heterocycles. The van der Waals surface area contributed by atoms with Crippen molar-refractivity contribution in [2.24, 2.45) is 0 Å². The van der Waals surface area contributed by atoms with Crippen LogP contribution in [0.4, 0.5) is 0 Å². The summed E-state index contributed by atoms with van der Waals surface area (Å²) < 4.78 is 0. The van der Waals surface area contributed by atoms with E-state index in [9.17, 15) is 19.5 Å². The predicted molar refractivity (Wildman–Crippen MR) is 55.9 cm³/mol. The zero-order valence-corrected chi connectivity index (χ0v) is 10.0. The number of nitrogens with zero attached hydrogens (tertiary/aromatic N) is 1. The minimum atomic E-state index is -2.27. The van der Waals surface area contributed by atoms with Crippen molar-refractivity contribution < 1.29 is 29.3 Å². The van der Waals surface area contributed by atoms with Crippen molar-refractivity contribution in [3.8, 4) is 0 Å². The number of carbonyl (C=O) groups excluding carboxylic acids is 3. The maximum Gasteiger partial charge on any atom is 0.389 e. The number of carbonyl (C=O) groups is 3. The van der Waals surface area contributed by atoms with E-state index in [2.05, 4.69) is 15.1 Å². The van der Waals surface area contributed by atoms with Crippen molar-refractivity contribution in [3.63, 3.8) is 0 Å². The summed E-state index contributed by atoms with van der Waals surface area (Å²) in [5, 5.41) is 19.5. The van der Waals surface area contributed by atoms with Gasteiger partial charge in [0, 0.05) is 14.0 Å². The first-order valence-electron chi connectivity index (χ1n) is 4.92. The average Bonchev–Trinajstić information content (AvgIpc) is 2.49. The molecule has 0 radical (unpaired) electrons. The number of aliphatic hydroxyl groups is 1. The number of hydrogen-bond acceptors (Lipinski definition) is 7. The maximum atomic E-state index is 11.5. The van der Waals surface area contributed by atoms with Gasteiger partial charge in [-0.25, -0.2) is 19.4 Å². The fourth-order valence-corrected chi connectivity index (χ4v) is 1.50. The zero-order valence-electron chi connectivity index (χ0n) is 10.0. The van der Waals surface area contributed by atoms with Gasteiger partial charge in [0.05, 0.1) is 0 Å². The normalized spacial score (nSPS) is 22.2. The maximum absolute atomic E-state index is 11.5. The van der Waals surface area contributed by atoms with Crippen molar-refractivity contribution in [3.05, 3.63) is 0 Å². The van der Waals surface area contributed by atoms with E-state index in [4.69, 9.17) is 5.41 Å². The van der Waals surface area contributed by atoms with Gasteiger partial charge in [0.2, 0.25) is 0 Å². The van der Waals surface area contributed by atoms with Crippen LogP contribution < -0.4 is 5.32 Å². The third kappa shape index (κ3) is 2.40. The van der Waals surface area contributed by atoms with Crippen molar-refractivity contribution in [2.75, 3.05) is 7.05 Å². The van der Waals surface area contributed by atoms with Gasteiger partial charge in [-0.2, -0.15) is 0 Å². The molecule has 1 rings (SSSR count). The summed E-state index contributed by atoms with van der Waals surface area (Å²) in [5.41, 5.74) is -2.27. The lowest BCUT2D eigenvalue weighted by Crippen LogP contribution is -2.56. The van der Waals surface area contributed by atoms with E-state index in [1.807, 2.05) is 0 Å². The fraction of sp³-hybridized carbons (Fsp3) is 0.556. The molecule has 18 heavy (non-hydrogen) atoms. The molecule has 0 aromatic rings. The summed E-state index contributed by atoms with van der Waals surface area (Å²) in [6, 6.07) is -1.34. The topological polar surface area (TPSA) is 129 Å². The van der Waals surface area contributed by atoms with E-state index in [0.29, 0.717) is 0 Å². The van der Waals surface area contributed by atoms with Crippen LogP contribution in [-0.4, -0.2) is 52.5 Å². The number of nitrogens with one attached hydrogen (secondary N) is 2. The van der Waals surface area contributed by atoms with E-state index in [1.54, 1.807) is 0 Å². The largest absolute Gasteiger partial charge is 0.389 e. The van der Waals surface area contributed by atoms with Crippen LogP contribution in [0.5, 0.6) is 0 Å². The number of guanidine groups is 1. The summed E-state index contributed by atoms with van der Waals surface area (Å²) in [4.78, 5) is 42.7. The van der Waals surface area contributed by atoms with Crippen LogP contribution in [-0.2, 0) is 24.2 Å². The van der Waals surface area contributed by atoms with Crippen molar-refractivity contribution >= 4 is 23.8 Å². The summed E-state index contributed by atoms with van der Waals surface area (Å²) in [6.07, 6.45) is 0. The summed E-state index contributed by atoms with van der Waals surface area (Å²) in [5.74, 6) is -3.17. The lowest BCUT2D eigenvalue weighted by atomic mass is 9.96. The Balaban J connectivity index is 2.85. The van der Waals surface area contributed by atoms with Gasteiger partial charge in [0.25, 0.3) is 5.91 Å². The molecule has 1 aliphatic heterocycles. The number of likely N-dealkylation sites (N-methyl/N-ethyl adjacent to an activating group) is 1. The zero-order chi connectivity index (χ0) is 14.1. The highest BCUT2D eigenvalue weighted by atomic mass is 17.2. The average molecular weight is 259 g/mol. The molecule has 1 fully saturated rings. The van der Waals surface area contributed by atoms with Crippen LogP contribution >= 0.6 is 0 Å². The van der Waals surface area contributed by atoms with Gasteiger partial charge in [0.15, 0.2) is 17.6 Å². The molecule has 0 spiro atoms. The first-order valence-corrected chi connectivity index (χ1v) is 4.92. The lowest BCUT2D eigenvalue weighted by Gasteiger charge is -2.29. The number of amides is 1. The summed E-state index contributed by atoms with van der Waals surface area (Å²) in [6.45, 7) is 2.03. The molecular formula is C9H13N3O6. The van der Waals surface area contributed by atoms with Gasteiger partial charge in [-0.15, -0.1) is 0 Å². The van der Waals surface area contributed by atoms with Gasteiger partial charge in [0.1, 0.15) is 0 Å². The van der Waals surface area contributed by atoms with Gasteiger partial charge in [-0.3, -0.25) is 15.5 Å². The van der Waals surface area contributed by atoms with E-state index >= 15 is 0 Å². The second-order valence-corrected chi connectivity index (χ2v) is 3.94. The SMILES string of the molecule is CC(=O)OOC(=O)C(C)(O)C1C(=O)NC(=N)N1C. The molecule has 9 nitrogen and oxygen atoms in total. The van der Waals surface area contributed by atoms with Crippen LogP contribution in [0.25, 0.3) is 0 Å². The number of hydrogen-bond donors (Lipinski definition) is 3. The highest BCUT2D eigenvalue weighted by molar-refractivity contribution is 6.08. The van der Waals surface area contributed by atoms with Crippen LogP contribution in [0.2, 0.25) is 0 Å². The molecule has 1 saturated heterocycles. The molecule has 0 aromatic carbocycles. The Morgan fingerprint density at radius 2 is 2.06 bits per heavy atom. The molecular weight excluding hydrogens is 246 g/mol. The predicted octanol–water partition coefficient (Wildman–Crippen LogP) is -1.88. The van der Waals surface area contributed by atoms with Crippen LogP contribution in [0.3, 0.4) is 0 Å². The molecule has 100 valence electrons. The molecule has 3 N–H and O–H groups in total. The van der Waals surface area contributed by atoms with Crippen LogP contribution in [0, 0.1) is 5.41 Å². The summed E-state index contributed by atoms with van der Waals surface area (Å²) >= 11 is 0. The molecule has 0 saturated carbocycles. The molecule has 1 amide bonds. The van der Waals surface area contributed by atoms with E-state index in [1.165, 1.54) is 7.05 Å². The van der Waals surface area contributed by atoms with Crippen molar-refractivity contribution in [2.45, 2.75) is 25.5 Å². The minimum absolute atomic E-state index is 0.259. The van der Waals surface area contributed by atoms with Crippen molar-refractivity contribution in [1.82, 2.24) is 10.2 Å². The quantitative estimate of drug-likeness (QED) is 0.391. The van der Waals surface area contributed by atoms with Gasteiger partial charge in [-0.1, -0.05) is 0 Å². The Labute approximate surface area is 102 Å². The Morgan fingerprint density at radius 3 is 2.44 bits per heavy atom. The van der Waals surface area contributed by atoms with Crippen molar-refractivity contribution in [1.29, 1.82) is 5.41 Å². The Bertz CT molecular complexity index is 419. The molecule has 9 heteroatoms. The standard InChI is InChI=1S/C9H13N3O6/c1-4(13)17-18-7(15)9(2,16)5-6(14)11-8(10)12(5)3/h5,16H,1-3H3,(H2,10,11,14). The van der Waals surface area contributed by atoms with Gasteiger partial charge < -0.3 is 10.0 Å².